The zero-order valence-electron chi connectivity index (χ0n) is 13.6. The van der Waals surface area contributed by atoms with Crippen LogP contribution in [-0.4, -0.2) is 18.1 Å². The van der Waals surface area contributed by atoms with E-state index >= 15 is 0 Å². The number of rotatable bonds is 0. The Balaban J connectivity index is 1.76. The Morgan fingerprint density at radius 2 is 1.79 bits per heavy atom. The van der Waals surface area contributed by atoms with E-state index in [9.17, 15) is 0 Å². The maximum absolute atomic E-state index is 3.92. The third-order valence-corrected chi connectivity index (χ3v) is 6.45. The van der Waals surface area contributed by atoms with Crippen LogP contribution in [0, 0.1) is 0 Å². The quantitative estimate of drug-likeness (QED) is 0.591. The highest BCUT2D eigenvalue weighted by molar-refractivity contribution is 5.94. The van der Waals surface area contributed by atoms with Crippen LogP contribution in [0.2, 0.25) is 0 Å². The minimum absolute atomic E-state index is 0.00251. The highest BCUT2D eigenvalue weighted by Gasteiger charge is 2.65. The van der Waals surface area contributed by atoms with Crippen molar-refractivity contribution in [3.63, 3.8) is 0 Å². The summed E-state index contributed by atoms with van der Waals surface area (Å²) in [7, 11) is 0. The number of hydrogen-bond donors (Lipinski definition) is 3. The first-order valence-corrected chi connectivity index (χ1v) is 8.65. The van der Waals surface area contributed by atoms with Crippen LogP contribution in [0.4, 0.5) is 5.69 Å². The average Bonchev–Trinajstić information content (AvgIpc) is 3.23. The highest BCUT2D eigenvalue weighted by Crippen LogP contribution is 2.61. The molecule has 3 heteroatoms. The van der Waals surface area contributed by atoms with Gasteiger partial charge in [0.05, 0.1) is 11.1 Å². The molecule has 3 heterocycles. The summed E-state index contributed by atoms with van der Waals surface area (Å²) in [6, 6.07) is 17.4. The van der Waals surface area contributed by atoms with E-state index in [0.717, 1.165) is 13.1 Å². The molecule has 1 aromatic heterocycles. The molecule has 0 amide bonds. The number of benzene rings is 2. The molecule has 0 spiro atoms. The normalized spacial score (nSPS) is 29.5. The van der Waals surface area contributed by atoms with Gasteiger partial charge in [-0.05, 0) is 24.6 Å². The van der Waals surface area contributed by atoms with E-state index in [1.807, 2.05) is 0 Å². The van der Waals surface area contributed by atoms with E-state index in [2.05, 4.69) is 77.1 Å². The van der Waals surface area contributed by atoms with E-state index in [1.54, 1.807) is 0 Å². The number of aromatic amines is 1. The first kappa shape index (κ1) is 12.8. The van der Waals surface area contributed by atoms with E-state index in [-0.39, 0.29) is 11.0 Å². The fourth-order valence-corrected chi connectivity index (χ4v) is 5.45. The van der Waals surface area contributed by atoms with Crippen LogP contribution < -0.4 is 10.6 Å². The molecule has 3 aromatic rings. The molecule has 2 unspecified atom stereocenters. The smallest absolute Gasteiger partial charge is 0.105 e. The van der Waals surface area contributed by atoms with E-state index < -0.39 is 0 Å². The van der Waals surface area contributed by atoms with Gasteiger partial charge in [-0.3, -0.25) is 0 Å². The summed E-state index contributed by atoms with van der Waals surface area (Å²) in [5, 5.41) is 8.92. The lowest BCUT2D eigenvalue weighted by atomic mass is 9.61. The number of para-hydroxylation sites is 2. The third kappa shape index (κ3) is 1.17. The highest BCUT2D eigenvalue weighted by atomic mass is 15.2. The fraction of sp³-hybridized carbons (Fsp3) is 0.238. The van der Waals surface area contributed by atoms with Gasteiger partial charge in [0.25, 0.3) is 0 Å². The molecule has 0 radical (unpaired) electrons. The molecule has 118 valence electrons. The lowest BCUT2D eigenvalue weighted by Crippen LogP contribution is -2.51. The van der Waals surface area contributed by atoms with Crippen molar-refractivity contribution in [2.45, 2.75) is 17.9 Å². The number of nitrogens with one attached hydrogen (secondary N) is 3. The standard InChI is InChI=1S/C21H19N3/c1-13-10-15-14-6-2-4-8-17(14)23-19(15)21-12-22-11-20(13,21)16-7-3-5-9-18(16)24-21/h2-10,22-24H,11-12H2,1H3. The second kappa shape index (κ2) is 3.93. The Kier molecular flexibility index (Phi) is 2.10. The van der Waals surface area contributed by atoms with Gasteiger partial charge < -0.3 is 15.6 Å². The molecule has 2 aliphatic heterocycles. The van der Waals surface area contributed by atoms with Gasteiger partial charge in [0.2, 0.25) is 0 Å². The van der Waals surface area contributed by atoms with Gasteiger partial charge in [0, 0.05) is 35.2 Å². The largest absolute Gasteiger partial charge is 0.372 e. The molecule has 3 N–H and O–H groups in total. The number of H-pyrrole nitrogens is 1. The van der Waals surface area contributed by atoms with Gasteiger partial charge in [-0.1, -0.05) is 48.0 Å². The maximum atomic E-state index is 3.92. The Morgan fingerprint density at radius 3 is 2.75 bits per heavy atom. The monoisotopic (exact) mass is 313 g/mol. The van der Waals surface area contributed by atoms with Crippen molar-refractivity contribution in [2.75, 3.05) is 18.4 Å². The van der Waals surface area contributed by atoms with E-state index in [0.29, 0.717) is 0 Å². The summed E-state index contributed by atoms with van der Waals surface area (Å²) < 4.78 is 0. The predicted octanol–water partition coefficient (Wildman–Crippen LogP) is 3.75. The van der Waals surface area contributed by atoms with Crippen LogP contribution in [0.25, 0.3) is 17.0 Å². The predicted molar refractivity (Wildman–Crippen MR) is 98.2 cm³/mol. The van der Waals surface area contributed by atoms with Crippen molar-refractivity contribution in [1.29, 1.82) is 0 Å². The van der Waals surface area contributed by atoms with Gasteiger partial charge in [-0.2, -0.15) is 0 Å². The molecular formula is C21H19N3. The van der Waals surface area contributed by atoms with E-state index in [4.69, 9.17) is 0 Å². The summed E-state index contributed by atoms with van der Waals surface area (Å²) in [4.78, 5) is 3.75. The van der Waals surface area contributed by atoms with Crippen molar-refractivity contribution in [1.82, 2.24) is 10.3 Å². The molecule has 1 aliphatic carbocycles. The van der Waals surface area contributed by atoms with Gasteiger partial charge >= 0.3 is 0 Å². The first-order valence-electron chi connectivity index (χ1n) is 8.65. The van der Waals surface area contributed by atoms with Gasteiger partial charge in [0.15, 0.2) is 0 Å². The van der Waals surface area contributed by atoms with Crippen molar-refractivity contribution in [2.24, 2.45) is 0 Å². The third-order valence-electron chi connectivity index (χ3n) is 6.45. The second-order valence-corrected chi connectivity index (χ2v) is 7.37. The first-order chi connectivity index (χ1) is 11.8. The minimum atomic E-state index is -0.121. The van der Waals surface area contributed by atoms with Crippen molar-refractivity contribution >= 4 is 22.7 Å². The van der Waals surface area contributed by atoms with Crippen molar-refractivity contribution in [3.8, 4) is 0 Å². The molecule has 3 nitrogen and oxygen atoms in total. The lowest BCUT2D eigenvalue weighted by Gasteiger charge is -2.43. The fourth-order valence-electron chi connectivity index (χ4n) is 5.45. The molecule has 1 fully saturated rings. The molecule has 2 aromatic carbocycles. The van der Waals surface area contributed by atoms with Gasteiger partial charge in [0.1, 0.15) is 5.54 Å². The zero-order chi connectivity index (χ0) is 15.9. The Bertz CT molecular complexity index is 1040. The van der Waals surface area contributed by atoms with Crippen LogP contribution in [-0.2, 0) is 11.0 Å². The van der Waals surface area contributed by atoms with Crippen LogP contribution in [0.15, 0.2) is 54.1 Å². The van der Waals surface area contributed by atoms with Crippen LogP contribution >= 0.6 is 0 Å². The molecule has 6 rings (SSSR count). The van der Waals surface area contributed by atoms with Crippen molar-refractivity contribution < 1.29 is 0 Å². The topological polar surface area (TPSA) is 39.9 Å². The molecular weight excluding hydrogens is 294 g/mol. The van der Waals surface area contributed by atoms with Crippen LogP contribution in [0.5, 0.6) is 0 Å². The second-order valence-electron chi connectivity index (χ2n) is 7.37. The summed E-state index contributed by atoms with van der Waals surface area (Å²) in [6.45, 7) is 4.22. The maximum Gasteiger partial charge on any atom is 0.105 e. The number of aromatic nitrogens is 1. The minimum Gasteiger partial charge on any atom is -0.372 e. The van der Waals surface area contributed by atoms with Crippen LogP contribution in [0.1, 0.15) is 23.7 Å². The molecule has 0 bridgehead atoms. The molecule has 24 heavy (non-hydrogen) atoms. The number of fused-ring (bicyclic) bond motifs is 4. The average molecular weight is 313 g/mol. The SMILES string of the molecule is CC1=Cc2c([nH]c3ccccc23)C23CNCC12c1ccccc1N3. The number of hydrogen-bond acceptors (Lipinski definition) is 2. The summed E-state index contributed by atoms with van der Waals surface area (Å²) in [5.74, 6) is 0. The molecule has 1 saturated heterocycles. The summed E-state index contributed by atoms with van der Waals surface area (Å²) in [5.41, 5.74) is 7.93. The summed E-state index contributed by atoms with van der Waals surface area (Å²) >= 11 is 0. The molecule has 2 atom stereocenters. The zero-order valence-corrected chi connectivity index (χ0v) is 13.6. The molecule has 3 aliphatic rings. The van der Waals surface area contributed by atoms with Gasteiger partial charge in [-0.15, -0.1) is 0 Å². The number of anilines is 1. The molecule has 0 saturated carbocycles. The van der Waals surface area contributed by atoms with Gasteiger partial charge in [-0.25, -0.2) is 0 Å². The Hall–Kier alpha value is -2.52. The van der Waals surface area contributed by atoms with Crippen molar-refractivity contribution in [3.05, 3.63) is 70.9 Å². The lowest BCUT2D eigenvalue weighted by molar-refractivity contribution is 0.381. The Labute approximate surface area is 140 Å². The van der Waals surface area contributed by atoms with E-state index in [1.165, 1.54) is 39.0 Å². The van der Waals surface area contributed by atoms with Crippen LogP contribution in [0.3, 0.4) is 0 Å². The Morgan fingerprint density at radius 1 is 0.958 bits per heavy atom. The summed E-state index contributed by atoms with van der Waals surface area (Å²) in [6.07, 6.45) is 2.41.